The van der Waals surface area contributed by atoms with E-state index in [1.54, 1.807) is 0 Å². The first-order valence-corrected chi connectivity index (χ1v) is 4.66. The van der Waals surface area contributed by atoms with Crippen LogP contribution in [-0.4, -0.2) is 11.2 Å². The molecule has 3 aliphatic rings. The lowest BCUT2D eigenvalue weighted by Crippen LogP contribution is -2.62. The Kier molecular flexibility index (Phi) is 1.26. The third kappa shape index (κ3) is 0.658. The van der Waals surface area contributed by atoms with Crippen LogP contribution in [0.15, 0.2) is 0 Å². The topological polar surface area (TPSA) is 20.2 Å². The number of hydrogen-bond donors (Lipinski definition) is 1. The number of rotatable bonds is 0. The molecular formula is C10H18O. The molecule has 0 aromatic rings. The van der Waals surface area contributed by atoms with Gasteiger partial charge in [0.05, 0.1) is 6.10 Å². The van der Waals surface area contributed by atoms with Crippen molar-refractivity contribution in [3.8, 4) is 0 Å². The molecular weight excluding hydrogens is 136 g/mol. The second kappa shape index (κ2) is 1.82. The number of fused-ring (bicyclic) bond motifs is 2. The third-order valence-electron chi connectivity index (χ3n) is 4.69. The van der Waals surface area contributed by atoms with Crippen LogP contribution in [-0.2, 0) is 0 Å². The van der Waals surface area contributed by atoms with Crippen LogP contribution in [0.25, 0.3) is 0 Å². The van der Waals surface area contributed by atoms with Crippen LogP contribution in [0.5, 0.6) is 0 Å². The second-order valence-electron chi connectivity index (χ2n) is 5.13. The number of aliphatic hydroxyl groups excluding tert-OH is 1. The molecule has 0 aromatic carbocycles. The zero-order valence-electron chi connectivity index (χ0n) is 7.72. The highest BCUT2D eigenvalue weighted by Crippen LogP contribution is 2.67. The predicted molar refractivity (Wildman–Crippen MR) is 45.2 cm³/mol. The molecule has 1 nitrogen and oxygen atoms in total. The summed E-state index contributed by atoms with van der Waals surface area (Å²) in [7, 11) is 0. The maximum atomic E-state index is 9.81. The Morgan fingerprint density at radius 3 is 2.18 bits per heavy atom. The SMILES string of the molecule is CC1(C)[C@@H]2CC[C@@H](O)[C@@]1(C)C2. The summed E-state index contributed by atoms with van der Waals surface area (Å²) in [5.74, 6) is 0.885. The van der Waals surface area contributed by atoms with Gasteiger partial charge in [-0.2, -0.15) is 0 Å². The maximum absolute atomic E-state index is 9.81. The molecule has 11 heavy (non-hydrogen) atoms. The smallest absolute Gasteiger partial charge is 0.0599 e. The van der Waals surface area contributed by atoms with Crippen LogP contribution < -0.4 is 0 Å². The average molecular weight is 154 g/mol. The Morgan fingerprint density at radius 2 is 1.82 bits per heavy atom. The molecule has 3 atom stereocenters. The summed E-state index contributed by atoms with van der Waals surface area (Å²) in [6, 6.07) is 0. The highest BCUT2D eigenvalue weighted by molar-refractivity contribution is 5.11. The van der Waals surface area contributed by atoms with E-state index < -0.39 is 0 Å². The largest absolute Gasteiger partial charge is 0.393 e. The lowest BCUT2D eigenvalue weighted by atomic mass is 9.39. The molecule has 0 aliphatic heterocycles. The molecule has 0 radical (unpaired) electrons. The number of aliphatic hydroxyl groups is 1. The monoisotopic (exact) mass is 154 g/mol. The molecule has 2 bridgehead atoms. The van der Waals surface area contributed by atoms with Gasteiger partial charge in [-0.1, -0.05) is 20.8 Å². The van der Waals surface area contributed by atoms with E-state index in [1.807, 2.05) is 0 Å². The van der Waals surface area contributed by atoms with Crippen LogP contribution in [0.3, 0.4) is 0 Å². The third-order valence-corrected chi connectivity index (χ3v) is 4.69. The fourth-order valence-corrected chi connectivity index (χ4v) is 3.07. The van der Waals surface area contributed by atoms with Crippen molar-refractivity contribution in [2.75, 3.05) is 0 Å². The summed E-state index contributed by atoms with van der Waals surface area (Å²) < 4.78 is 0. The van der Waals surface area contributed by atoms with Gasteiger partial charge in [0.15, 0.2) is 0 Å². The highest BCUT2D eigenvalue weighted by Gasteiger charge is 2.62. The minimum atomic E-state index is -0.0394. The van der Waals surface area contributed by atoms with Crippen LogP contribution in [0, 0.1) is 16.7 Å². The number of hydrogen-bond acceptors (Lipinski definition) is 1. The van der Waals surface area contributed by atoms with Crippen molar-refractivity contribution < 1.29 is 5.11 Å². The van der Waals surface area contributed by atoms with E-state index in [0.717, 1.165) is 12.3 Å². The van der Waals surface area contributed by atoms with Gasteiger partial charge < -0.3 is 5.11 Å². The first-order valence-electron chi connectivity index (χ1n) is 4.66. The molecule has 3 rings (SSSR count). The Hall–Kier alpha value is -0.0400. The van der Waals surface area contributed by atoms with Crippen LogP contribution in [0.1, 0.15) is 40.0 Å². The molecule has 0 unspecified atom stereocenters. The van der Waals surface area contributed by atoms with Gasteiger partial charge in [0.1, 0.15) is 0 Å². The molecule has 1 N–H and O–H groups in total. The molecule has 0 spiro atoms. The summed E-state index contributed by atoms with van der Waals surface area (Å²) in [4.78, 5) is 0. The van der Waals surface area contributed by atoms with Crippen molar-refractivity contribution in [3.05, 3.63) is 0 Å². The van der Waals surface area contributed by atoms with Crippen LogP contribution in [0.2, 0.25) is 0 Å². The van der Waals surface area contributed by atoms with Crippen LogP contribution in [0.4, 0.5) is 0 Å². The van der Waals surface area contributed by atoms with Crippen LogP contribution >= 0.6 is 0 Å². The van der Waals surface area contributed by atoms with Gasteiger partial charge >= 0.3 is 0 Å². The summed E-state index contributed by atoms with van der Waals surface area (Å²) in [5.41, 5.74) is 0.626. The molecule has 1 heteroatoms. The van der Waals surface area contributed by atoms with Crippen molar-refractivity contribution in [2.24, 2.45) is 16.7 Å². The van der Waals surface area contributed by atoms with Crippen molar-refractivity contribution >= 4 is 0 Å². The predicted octanol–water partition coefficient (Wildman–Crippen LogP) is 2.19. The molecule has 3 saturated carbocycles. The molecule has 3 fully saturated rings. The lowest BCUT2D eigenvalue weighted by molar-refractivity contribution is -0.213. The van der Waals surface area contributed by atoms with Gasteiger partial charge in [-0.3, -0.25) is 0 Å². The average Bonchev–Trinajstić information content (AvgIpc) is 1.94. The van der Waals surface area contributed by atoms with E-state index in [2.05, 4.69) is 20.8 Å². The van der Waals surface area contributed by atoms with Gasteiger partial charge in [0.25, 0.3) is 0 Å². The lowest BCUT2D eigenvalue weighted by Gasteiger charge is -2.66. The first kappa shape index (κ1) is 7.60. The second-order valence-corrected chi connectivity index (χ2v) is 5.13. The van der Waals surface area contributed by atoms with Gasteiger partial charge in [0.2, 0.25) is 0 Å². The van der Waals surface area contributed by atoms with Crippen molar-refractivity contribution in [1.29, 1.82) is 0 Å². The van der Waals surface area contributed by atoms with E-state index in [-0.39, 0.29) is 11.5 Å². The fourth-order valence-electron chi connectivity index (χ4n) is 3.07. The highest BCUT2D eigenvalue weighted by atomic mass is 16.3. The van der Waals surface area contributed by atoms with Crippen molar-refractivity contribution in [2.45, 2.75) is 46.1 Å². The van der Waals surface area contributed by atoms with Crippen molar-refractivity contribution in [3.63, 3.8) is 0 Å². The standard InChI is InChI=1S/C10H18O/c1-9(2)7-4-5-8(11)10(9,3)6-7/h7-8,11H,4-6H2,1-3H3/t7-,8-,10-/m1/s1. The summed E-state index contributed by atoms with van der Waals surface area (Å²) in [6.07, 6.45) is 3.48. The fraction of sp³-hybridized carbons (Fsp3) is 1.00. The Balaban J connectivity index is 2.28. The van der Waals surface area contributed by atoms with Gasteiger partial charge in [-0.25, -0.2) is 0 Å². The molecule has 0 heterocycles. The first-order chi connectivity index (χ1) is 4.98. The van der Waals surface area contributed by atoms with E-state index in [4.69, 9.17) is 0 Å². The van der Waals surface area contributed by atoms with E-state index in [9.17, 15) is 5.11 Å². The van der Waals surface area contributed by atoms with E-state index in [0.29, 0.717) is 5.41 Å². The van der Waals surface area contributed by atoms with E-state index in [1.165, 1.54) is 12.8 Å². The van der Waals surface area contributed by atoms with Gasteiger partial charge in [-0.15, -0.1) is 0 Å². The normalized spacial score (nSPS) is 53.5. The summed E-state index contributed by atoms with van der Waals surface area (Å²) in [6.45, 7) is 6.86. The zero-order valence-corrected chi connectivity index (χ0v) is 7.72. The quantitative estimate of drug-likeness (QED) is 0.567. The van der Waals surface area contributed by atoms with E-state index >= 15 is 0 Å². The Bertz CT molecular complexity index is 185. The molecule has 0 amide bonds. The summed E-state index contributed by atoms with van der Waals surface area (Å²) in [5, 5.41) is 9.81. The molecule has 0 saturated heterocycles. The Labute approximate surface area is 68.8 Å². The maximum Gasteiger partial charge on any atom is 0.0599 e. The van der Waals surface area contributed by atoms with Gasteiger partial charge in [0, 0.05) is 0 Å². The molecule has 64 valence electrons. The van der Waals surface area contributed by atoms with Gasteiger partial charge in [-0.05, 0) is 36.0 Å². The minimum absolute atomic E-state index is 0.0394. The molecule has 0 aromatic heterocycles. The molecule has 3 aliphatic carbocycles. The minimum Gasteiger partial charge on any atom is -0.393 e. The summed E-state index contributed by atoms with van der Waals surface area (Å²) >= 11 is 0. The Morgan fingerprint density at radius 1 is 1.18 bits per heavy atom. The zero-order chi connectivity index (χ0) is 8.28. The van der Waals surface area contributed by atoms with Crippen molar-refractivity contribution in [1.82, 2.24) is 0 Å².